The van der Waals surface area contributed by atoms with Gasteiger partial charge < -0.3 is 14.6 Å². The largest absolute Gasteiger partial charge is 0.441 e. The van der Waals surface area contributed by atoms with Crippen LogP contribution in [-0.4, -0.2) is 25.0 Å². The Morgan fingerprint density at radius 3 is 2.50 bits per heavy atom. The van der Waals surface area contributed by atoms with E-state index in [1.165, 1.54) is 0 Å². The first-order chi connectivity index (χ1) is 12.6. The average molecular weight is 349 g/mol. The third kappa shape index (κ3) is 4.72. The van der Waals surface area contributed by atoms with E-state index in [9.17, 15) is 4.79 Å². The maximum Gasteiger partial charge on any atom is 0.220 e. The van der Waals surface area contributed by atoms with Crippen molar-refractivity contribution in [1.82, 2.24) is 10.3 Å². The third-order valence-corrected chi connectivity index (χ3v) is 4.12. The molecule has 3 rings (SSSR count). The predicted octanol–water partition coefficient (Wildman–Crippen LogP) is 3.66. The highest BCUT2D eigenvalue weighted by Crippen LogP contribution is 2.20. The molecule has 0 aliphatic heterocycles. The van der Waals surface area contributed by atoms with Crippen LogP contribution in [0.15, 0.2) is 65.2 Å². The molecule has 0 atom stereocenters. The Kier molecular flexibility index (Phi) is 5.69. The minimum Gasteiger partial charge on any atom is -0.441 e. The summed E-state index contributed by atoms with van der Waals surface area (Å²) < 4.78 is 5.72. The van der Waals surface area contributed by atoms with Crippen molar-refractivity contribution in [3.8, 4) is 11.3 Å². The molecule has 1 amide bonds. The fourth-order valence-electron chi connectivity index (χ4n) is 2.58. The molecule has 0 fully saturated rings. The molecule has 0 radical (unpaired) electrons. The number of benzene rings is 2. The Bertz CT molecular complexity index is 839. The lowest BCUT2D eigenvalue weighted by molar-refractivity contribution is -0.121. The fraction of sp³-hybridized carbons (Fsp3) is 0.238. The highest BCUT2D eigenvalue weighted by atomic mass is 16.4. The van der Waals surface area contributed by atoms with Gasteiger partial charge in [-0.3, -0.25) is 4.79 Å². The van der Waals surface area contributed by atoms with Gasteiger partial charge in [-0.05, 0) is 17.7 Å². The molecule has 134 valence electrons. The first-order valence-electron chi connectivity index (χ1n) is 8.65. The molecule has 0 spiro atoms. The van der Waals surface area contributed by atoms with Crippen LogP contribution in [-0.2, 0) is 17.8 Å². The zero-order valence-electron chi connectivity index (χ0n) is 15.1. The monoisotopic (exact) mass is 349 g/mol. The van der Waals surface area contributed by atoms with Gasteiger partial charge in [-0.1, -0.05) is 42.5 Å². The summed E-state index contributed by atoms with van der Waals surface area (Å²) in [5, 5.41) is 2.93. The SMILES string of the molecule is CN(C)c1ccc(CNC(=O)CCc2ncc(-c3ccccc3)o2)cc1. The van der Waals surface area contributed by atoms with Crippen molar-refractivity contribution in [2.75, 3.05) is 19.0 Å². The Morgan fingerprint density at radius 1 is 1.08 bits per heavy atom. The van der Waals surface area contributed by atoms with Crippen molar-refractivity contribution in [2.24, 2.45) is 0 Å². The van der Waals surface area contributed by atoms with Crippen molar-refractivity contribution >= 4 is 11.6 Å². The molecule has 26 heavy (non-hydrogen) atoms. The Hall–Kier alpha value is -3.08. The summed E-state index contributed by atoms with van der Waals surface area (Å²) in [5.74, 6) is 1.29. The Labute approximate surface area is 153 Å². The molecular formula is C21H23N3O2. The number of carbonyl (C=O) groups excluding carboxylic acids is 1. The molecule has 1 N–H and O–H groups in total. The molecule has 0 aliphatic carbocycles. The van der Waals surface area contributed by atoms with Crippen molar-refractivity contribution in [3.05, 3.63) is 72.2 Å². The number of amides is 1. The van der Waals surface area contributed by atoms with Crippen LogP contribution in [0.5, 0.6) is 0 Å². The summed E-state index contributed by atoms with van der Waals surface area (Å²) in [7, 11) is 4.01. The number of nitrogens with one attached hydrogen (secondary N) is 1. The van der Waals surface area contributed by atoms with Crippen LogP contribution in [0.3, 0.4) is 0 Å². The minimum atomic E-state index is -0.0128. The molecule has 1 aromatic heterocycles. The first kappa shape index (κ1) is 17.7. The van der Waals surface area contributed by atoms with E-state index in [2.05, 4.69) is 10.3 Å². The fourth-order valence-corrected chi connectivity index (χ4v) is 2.58. The van der Waals surface area contributed by atoms with E-state index >= 15 is 0 Å². The molecule has 2 aromatic carbocycles. The lowest BCUT2D eigenvalue weighted by Crippen LogP contribution is -2.23. The maximum absolute atomic E-state index is 12.1. The van der Waals surface area contributed by atoms with E-state index in [4.69, 9.17) is 4.42 Å². The molecule has 1 heterocycles. The molecule has 0 saturated heterocycles. The molecular weight excluding hydrogens is 326 g/mol. The van der Waals surface area contributed by atoms with Gasteiger partial charge in [0.2, 0.25) is 5.91 Å². The zero-order valence-corrected chi connectivity index (χ0v) is 15.1. The highest BCUT2D eigenvalue weighted by molar-refractivity contribution is 5.76. The quantitative estimate of drug-likeness (QED) is 0.707. The molecule has 3 aromatic rings. The van der Waals surface area contributed by atoms with E-state index in [-0.39, 0.29) is 5.91 Å². The van der Waals surface area contributed by atoms with Crippen molar-refractivity contribution in [1.29, 1.82) is 0 Å². The zero-order chi connectivity index (χ0) is 18.4. The molecule has 5 nitrogen and oxygen atoms in total. The number of oxazole rings is 1. The van der Waals surface area contributed by atoms with Gasteiger partial charge in [-0.25, -0.2) is 4.98 Å². The van der Waals surface area contributed by atoms with Crippen molar-refractivity contribution < 1.29 is 9.21 Å². The number of aryl methyl sites for hydroxylation is 1. The number of hydrogen-bond donors (Lipinski definition) is 1. The van der Waals surface area contributed by atoms with Gasteiger partial charge in [0.05, 0.1) is 6.20 Å². The summed E-state index contributed by atoms with van der Waals surface area (Å²) >= 11 is 0. The number of carbonyl (C=O) groups is 1. The van der Waals surface area contributed by atoms with Crippen LogP contribution < -0.4 is 10.2 Å². The number of aromatic nitrogens is 1. The van der Waals surface area contributed by atoms with Gasteiger partial charge in [0.1, 0.15) is 0 Å². The summed E-state index contributed by atoms with van der Waals surface area (Å²) in [5.41, 5.74) is 3.20. The van der Waals surface area contributed by atoms with Crippen LogP contribution >= 0.6 is 0 Å². The van der Waals surface area contributed by atoms with E-state index in [0.717, 1.165) is 22.6 Å². The summed E-state index contributed by atoms with van der Waals surface area (Å²) in [4.78, 5) is 18.4. The van der Waals surface area contributed by atoms with Gasteiger partial charge >= 0.3 is 0 Å². The number of anilines is 1. The minimum absolute atomic E-state index is 0.0128. The van der Waals surface area contributed by atoms with Crippen LogP contribution in [0, 0.1) is 0 Å². The Morgan fingerprint density at radius 2 is 1.81 bits per heavy atom. The second kappa shape index (κ2) is 8.34. The highest BCUT2D eigenvalue weighted by Gasteiger charge is 2.09. The second-order valence-corrected chi connectivity index (χ2v) is 6.32. The third-order valence-electron chi connectivity index (χ3n) is 4.12. The molecule has 0 aliphatic rings. The van der Waals surface area contributed by atoms with E-state index in [1.54, 1.807) is 6.20 Å². The van der Waals surface area contributed by atoms with Crippen LogP contribution in [0.2, 0.25) is 0 Å². The first-order valence-corrected chi connectivity index (χ1v) is 8.65. The standard InChI is InChI=1S/C21H23N3O2/c1-24(2)18-10-8-16(9-11-18)14-22-20(25)12-13-21-23-15-19(26-21)17-6-4-3-5-7-17/h3-11,15H,12-14H2,1-2H3,(H,22,25). The van der Waals surface area contributed by atoms with Gasteiger partial charge in [0, 0.05) is 44.7 Å². The van der Waals surface area contributed by atoms with Gasteiger partial charge in [-0.2, -0.15) is 0 Å². The van der Waals surface area contributed by atoms with Crippen LogP contribution in [0.1, 0.15) is 17.9 Å². The predicted molar refractivity (Wildman–Crippen MR) is 103 cm³/mol. The van der Waals surface area contributed by atoms with Gasteiger partial charge in [0.15, 0.2) is 11.7 Å². The molecule has 0 bridgehead atoms. The van der Waals surface area contributed by atoms with E-state index in [0.29, 0.717) is 25.3 Å². The second-order valence-electron chi connectivity index (χ2n) is 6.32. The molecule has 5 heteroatoms. The lowest BCUT2D eigenvalue weighted by Gasteiger charge is -2.12. The number of rotatable bonds is 7. The smallest absolute Gasteiger partial charge is 0.220 e. The summed E-state index contributed by atoms with van der Waals surface area (Å²) in [6.07, 6.45) is 2.54. The maximum atomic E-state index is 12.1. The van der Waals surface area contributed by atoms with Crippen LogP contribution in [0.4, 0.5) is 5.69 Å². The average Bonchev–Trinajstić information content (AvgIpc) is 3.15. The van der Waals surface area contributed by atoms with Crippen molar-refractivity contribution in [2.45, 2.75) is 19.4 Å². The van der Waals surface area contributed by atoms with E-state index in [1.807, 2.05) is 73.6 Å². The van der Waals surface area contributed by atoms with Gasteiger partial charge in [-0.15, -0.1) is 0 Å². The number of nitrogens with zero attached hydrogens (tertiary/aromatic N) is 2. The van der Waals surface area contributed by atoms with Crippen molar-refractivity contribution in [3.63, 3.8) is 0 Å². The van der Waals surface area contributed by atoms with Crippen LogP contribution in [0.25, 0.3) is 11.3 Å². The summed E-state index contributed by atoms with van der Waals surface area (Å²) in [6.45, 7) is 0.521. The normalized spacial score (nSPS) is 10.5. The van der Waals surface area contributed by atoms with E-state index < -0.39 is 0 Å². The topological polar surface area (TPSA) is 58.4 Å². The summed E-state index contributed by atoms with van der Waals surface area (Å²) in [6, 6.07) is 17.9. The van der Waals surface area contributed by atoms with Gasteiger partial charge in [0.25, 0.3) is 0 Å². The molecule has 0 unspecified atom stereocenters. The Balaban J connectivity index is 1.46. The molecule has 0 saturated carbocycles. The lowest BCUT2D eigenvalue weighted by atomic mass is 10.2. The number of hydrogen-bond acceptors (Lipinski definition) is 4.